The fraction of sp³-hybridized carbons (Fsp3) is 0.235. The van der Waals surface area contributed by atoms with Gasteiger partial charge in [0.1, 0.15) is 5.75 Å². The van der Waals surface area contributed by atoms with Crippen LogP contribution in [-0.4, -0.2) is 19.3 Å². The summed E-state index contributed by atoms with van der Waals surface area (Å²) in [4.78, 5) is 11.9. The van der Waals surface area contributed by atoms with Gasteiger partial charge in [0.25, 0.3) is 0 Å². The number of hydrogen-bond donors (Lipinski definition) is 1. The predicted octanol–water partition coefficient (Wildman–Crippen LogP) is 3.13. The lowest BCUT2D eigenvalue weighted by molar-refractivity contribution is -0.116. The minimum absolute atomic E-state index is 0.105. The summed E-state index contributed by atoms with van der Waals surface area (Å²) < 4.78 is 16.1. The van der Waals surface area contributed by atoms with E-state index in [0.717, 1.165) is 11.3 Å². The lowest BCUT2D eigenvalue weighted by atomic mass is 10.2. The third-order valence-electron chi connectivity index (χ3n) is 3.24. The number of ether oxygens (including phenoxy) is 3. The molecule has 0 saturated carbocycles. The molecule has 1 heterocycles. The Morgan fingerprint density at radius 2 is 2.05 bits per heavy atom. The van der Waals surface area contributed by atoms with E-state index in [4.69, 9.17) is 14.2 Å². The second kappa shape index (κ2) is 6.39. The number of fused-ring (bicyclic) bond motifs is 1. The number of aryl methyl sites for hydroxylation is 1. The fourth-order valence-corrected chi connectivity index (χ4v) is 2.16. The van der Waals surface area contributed by atoms with E-state index in [1.807, 2.05) is 31.2 Å². The van der Waals surface area contributed by atoms with Gasteiger partial charge >= 0.3 is 0 Å². The molecule has 0 spiro atoms. The van der Waals surface area contributed by atoms with Gasteiger partial charge in [-0.2, -0.15) is 0 Å². The largest absolute Gasteiger partial charge is 0.493 e. The molecule has 2 aromatic rings. The Hall–Kier alpha value is -2.69. The number of rotatable bonds is 5. The highest BCUT2D eigenvalue weighted by Gasteiger charge is 2.14. The van der Waals surface area contributed by atoms with E-state index in [1.165, 1.54) is 0 Å². The van der Waals surface area contributed by atoms with Crippen molar-refractivity contribution in [1.82, 2.24) is 0 Å². The third-order valence-corrected chi connectivity index (χ3v) is 3.24. The molecule has 5 nitrogen and oxygen atoms in total. The van der Waals surface area contributed by atoms with E-state index in [9.17, 15) is 4.79 Å². The Morgan fingerprint density at radius 1 is 1.18 bits per heavy atom. The van der Waals surface area contributed by atoms with Crippen LogP contribution in [0.15, 0.2) is 42.5 Å². The normalized spacial score (nSPS) is 12.0. The maximum Gasteiger partial charge on any atom is 0.231 e. The number of anilines is 1. The zero-order valence-electron chi connectivity index (χ0n) is 12.3. The first kappa shape index (κ1) is 14.3. The molecule has 0 fully saturated rings. The molecule has 5 heteroatoms. The number of amides is 1. The molecule has 0 radical (unpaired) electrons. The van der Waals surface area contributed by atoms with Gasteiger partial charge < -0.3 is 19.5 Å². The predicted molar refractivity (Wildman–Crippen MR) is 82.5 cm³/mol. The highest BCUT2D eigenvalue weighted by Crippen LogP contribution is 2.34. The van der Waals surface area contributed by atoms with E-state index < -0.39 is 0 Å². The van der Waals surface area contributed by atoms with Crippen LogP contribution in [0.5, 0.6) is 17.2 Å². The third kappa shape index (κ3) is 3.49. The Morgan fingerprint density at radius 3 is 2.91 bits per heavy atom. The maximum atomic E-state index is 11.9. The molecule has 2 aromatic carbocycles. The Kier molecular flexibility index (Phi) is 4.14. The van der Waals surface area contributed by atoms with Crippen LogP contribution in [0.3, 0.4) is 0 Å². The molecule has 22 heavy (non-hydrogen) atoms. The summed E-state index contributed by atoms with van der Waals surface area (Å²) >= 11 is 0. The minimum atomic E-state index is -0.105. The molecule has 1 amide bonds. The van der Waals surface area contributed by atoms with Crippen molar-refractivity contribution in [2.45, 2.75) is 13.3 Å². The molecular formula is C17H17NO4. The van der Waals surface area contributed by atoms with Gasteiger partial charge in [-0.15, -0.1) is 0 Å². The van der Waals surface area contributed by atoms with Crippen LogP contribution < -0.4 is 19.5 Å². The van der Waals surface area contributed by atoms with Crippen LogP contribution in [0, 0.1) is 6.92 Å². The van der Waals surface area contributed by atoms with Gasteiger partial charge in [0.15, 0.2) is 11.5 Å². The van der Waals surface area contributed by atoms with Gasteiger partial charge in [-0.25, -0.2) is 0 Å². The summed E-state index contributed by atoms with van der Waals surface area (Å²) in [6.45, 7) is 2.55. The highest BCUT2D eigenvalue weighted by atomic mass is 16.7. The number of hydrogen-bond acceptors (Lipinski definition) is 4. The summed E-state index contributed by atoms with van der Waals surface area (Å²) in [5.74, 6) is 2.01. The van der Waals surface area contributed by atoms with E-state index in [1.54, 1.807) is 18.2 Å². The van der Waals surface area contributed by atoms with Crippen molar-refractivity contribution in [1.29, 1.82) is 0 Å². The monoisotopic (exact) mass is 299 g/mol. The van der Waals surface area contributed by atoms with Gasteiger partial charge in [-0.1, -0.05) is 12.1 Å². The van der Waals surface area contributed by atoms with Crippen LogP contribution in [0.25, 0.3) is 0 Å². The second-order valence-corrected chi connectivity index (χ2v) is 5.03. The first-order valence-electron chi connectivity index (χ1n) is 7.10. The summed E-state index contributed by atoms with van der Waals surface area (Å²) in [6, 6.07) is 13.1. The zero-order valence-corrected chi connectivity index (χ0v) is 12.3. The van der Waals surface area contributed by atoms with Gasteiger partial charge in [0.05, 0.1) is 13.0 Å². The molecule has 0 bridgehead atoms. The van der Waals surface area contributed by atoms with Gasteiger partial charge in [0.2, 0.25) is 12.7 Å². The summed E-state index contributed by atoms with van der Waals surface area (Å²) in [6.07, 6.45) is 0.280. The molecule has 0 aliphatic carbocycles. The second-order valence-electron chi connectivity index (χ2n) is 5.03. The maximum absolute atomic E-state index is 11.9. The average molecular weight is 299 g/mol. The van der Waals surface area contributed by atoms with E-state index in [2.05, 4.69) is 5.32 Å². The first-order chi connectivity index (χ1) is 10.7. The molecule has 114 valence electrons. The first-order valence-corrected chi connectivity index (χ1v) is 7.10. The Bertz CT molecular complexity index is 684. The number of benzene rings is 2. The van der Waals surface area contributed by atoms with Gasteiger partial charge in [-0.3, -0.25) is 4.79 Å². The number of carbonyl (C=O) groups excluding carboxylic acids is 1. The van der Waals surface area contributed by atoms with Crippen LogP contribution in [0.2, 0.25) is 0 Å². The van der Waals surface area contributed by atoms with Crippen molar-refractivity contribution in [2.24, 2.45) is 0 Å². The van der Waals surface area contributed by atoms with Gasteiger partial charge in [-0.05, 0) is 36.8 Å². The van der Waals surface area contributed by atoms with Crippen molar-refractivity contribution in [3.8, 4) is 17.2 Å². The Labute approximate surface area is 128 Å². The zero-order chi connectivity index (χ0) is 15.4. The van der Waals surface area contributed by atoms with E-state index in [0.29, 0.717) is 23.8 Å². The molecule has 1 aliphatic heterocycles. The summed E-state index contributed by atoms with van der Waals surface area (Å²) in [5, 5.41) is 2.81. The van der Waals surface area contributed by atoms with Crippen molar-refractivity contribution in [2.75, 3.05) is 18.7 Å². The van der Waals surface area contributed by atoms with Crippen LogP contribution >= 0.6 is 0 Å². The Balaban J connectivity index is 1.48. The molecule has 3 rings (SSSR count). The topological polar surface area (TPSA) is 56.8 Å². The van der Waals surface area contributed by atoms with Crippen molar-refractivity contribution < 1.29 is 19.0 Å². The molecule has 0 atom stereocenters. The molecule has 1 N–H and O–H groups in total. The van der Waals surface area contributed by atoms with Crippen molar-refractivity contribution >= 4 is 11.6 Å². The van der Waals surface area contributed by atoms with E-state index >= 15 is 0 Å². The molecule has 0 saturated heterocycles. The molecule has 0 unspecified atom stereocenters. The lowest BCUT2D eigenvalue weighted by Gasteiger charge is -2.08. The summed E-state index contributed by atoms with van der Waals surface area (Å²) in [7, 11) is 0. The van der Waals surface area contributed by atoms with Crippen molar-refractivity contribution in [3.05, 3.63) is 48.0 Å². The van der Waals surface area contributed by atoms with E-state index in [-0.39, 0.29) is 19.1 Å². The quantitative estimate of drug-likeness (QED) is 0.921. The van der Waals surface area contributed by atoms with Crippen LogP contribution in [-0.2, 0) is 4.79 Å². The average Bonchev–Trinajstić information content (AvgIpc) is 2.95. The number of nitrogens with one attached hydrogen (secondary N) is 1. The highest BCUT2D eigenvalue weighted by molar-refractivity contribution is 5.91. The smallest absolute Gasteiger partial charge is 0.231 e. The van der Waals surface area contributed by atoms with Crippen molar-refractivity contribution in [3.63, 3.8) is 0 Å². The standard InChI is InChI=1S/C17H17NO4/c1-12-3-2-4-14(9-12)20-8-7-17(19)18-13-5-6-15-16(10-13)22-11-21-15/h2-6,9-10H,7-8,11H2,1H3,(H,18,19). The van der Waals surface area contributed by atoms with Gasteiger partial charge in [0, 0.05) is 11.8 Å². The SMILES string of the molecule is Cc1cccc(OCCC(=O)Nc2ccc3c(c2)OCO3)c1. The van der Waals surface area contributed by atoms with Crippen LogP contribution in [0.4, 0.5) is 5.69 Å². The molecular weight excluding hydrogens is 282 g/mol. The summed E-state index contributed by atoms with van der Waals surface area (Å²) in [5.41, 5.74) is 1.81. The minimum Gasteiger partial charge on any atom is -0.493 e. The molecule has 1 aliphatic rings. The van der Waals surface area contributed by atoms with Crippen LogP contribution in [0.1, 0.15) is 12.0 Å². The molecule has 0 aromatic heterocycles. The lowest BCUT2D eigenvalue weighted by Crippen LogP contribution is -2.15. The number of carbonyl (C=O) groups is 1. The fourth-order valence-electron chi connectivity index (χ4n) is 2.16.